The van der Waals surface area contributed by atoms with Crippen molar-refractivity contribution in [2.24, 2.45) is 0 Å². The SMILES string of the molecule is CCNC1CCCC(c2cc(F)ccc2OC)C1. The van der Waals surface area contributed by atoms with Crippen LogP contribution in [0.15, 0.2) is 18.2 Å². The summed E-state index contributed by atoms with van der Waals surface area (Å²) >= 11 is 0. The van der Waals surface area contributed by atoms with Crippen molar-refractivity contribution in [1.82, 2.24) is 5.32 Å². The zero-order valence-corrected chi connectivity index (χ0v) is 11.2. The lowest BCUT2D eigenvalue weighted by Crippen LogP contribution is -2.33. The standard InChI is InChI=1S/C15H22FNO/c1-3-17-13-6-4-5-11(9-13)14-10-12(16)7-8-15(14)18-2/h7-8,10-11,13,17H,3-6,9H2,1-2H3. The smallest absolute Gasteiger partial charge is 0.123 e. The number of hydrogen-bond donors (Lipinski definition) is 1. The van der Waals surface area contributed by atoms with Gasteiger partial charge in [-0.1, -0.05) is 13.3 Å². The number of halogens is 1. The molecule has 3 heteroatoms. The van der Waals surface area contributed by atoms with Crippen LogP contribution in [0.3, 0.4) is 0 Å². The number of nitrogens with one attached hydrogen (secondary N) is 1. The van der Waals surface area contributed by atoms with Gasteiger partial charge in [-0.3, -0.25) is 0 Å². The van der Waals surface area contributed by atoms with E-state index in [1.165, 1.54) is 18.9 Å². The van der Waals surface area contributed by atoms with Crippen molar-refractivity contribution >= 4 is 0 Å². The molecule has 18 heavy (non-hydrogen) atoms. The molecule has 1 aromatic carbocycles. The van der Waals surface area contributed by atoms with Gasteiger partial charge in [0.05, 0.1) is 7.11 Å². The molecule has 0 amide bonds. The molecule has 2 unspecified atom stereocenters. The molecule has 1 fully saturated rings. The summed E-state index contributed by atoms with van der Waals surface area (Å²) in [6, 6.07) is 5.40. The van der Waals surface area contributed by atoms with Gasteiger partial charge in [0, 0.05) is 11.6 Å². The predicted octanol–water partition coefficient (Wildman–Crippen LogP) is 3.47. The maximum atomic E-state index is 13.4. The normalized spacial score (nSPS) is 23.9. The minimum absolute atomic E-state index is 0.170. The maximum absolute atomic E-state index is 13.4. The molecule has 0 bridgehead atoms. The molecule has 1 aliphatic rings. The van der Waals surface area contributed by atoms with Crippen molar-refractivity contribution in [3.05, 3.63) is 29.6 Å². The monoisotopic (exact) mass is 251 g/mol. The average molecular weight is 251 g/mol. The molecule has 0 saturated heterocycles. The molecule has 0 aliphatic heterocycles. The Morgan fingerprint density at radius 3 is 2.94 bits per heavy atom. The Kier molecular flexibility index (Phi) is 4.59. The highest BCUT2D eigenvalue weighted by Gasteiger charge is 2.25. The Bertz CT molecular complexity index is 392. The fourth-order valence-corrected chi connectivity index (χ4v) is 2.97. The van der Waals surface area contributed by atoms with E-state index in [1.807, 2.05) is 0 Å². The van der Waals surface area contributed by atoms with E-state index in [1.54, 1.807) is 19.2 Å². The molecule has 1 saturated carbocycles. The van der Waals surface area contributed by atoms with Gasteiger partial charge in [0.25, 0.3) is 0 Å². The van der Waals surface area contributed by atoms with Gasteiger partial charge in [-0.25, -0.2) is 4.39 Å². The second kappa shape index (κ2) is 6.19. The van der Waals surface area contributed by atoms with Crippen LogP contribution in [0, 0.1) is 5.82 Å². The van der Waals surface area contributed by atoms with E-state index < -0.39 is 0 Å². The van der Waals surface area contributed by atoms with Crippen LogP contribution in [-0.4, -0.2) is 19.7 Å². The summed E-state index contributed by atoms with van der Waals surface area (Å²) in [7, 11) is 1.65. The van der Waals surface area contributed by atoms with Gasteiger partial charge in [0.15, 0.2) is 0 Å². The Balaban J connectivity index is 2.17. The predicted molar refractivity (Wildman–Crippen MR) is 71.6 cm³/mol. The number of methoxy groups -OCH3 is 1. The first-order valence-electron chi connectivity index (χ1n) is 6.81. The Hall–Kier alpha value is -1.09. The molecule has 1 aliphatic carbocycles. The van der Waals surface area contributed by atoms with Gasteiger partial charge in [-0.2, -0.15) is 0 Å². The zero-order valence-electron chi connectivity index (χ0n) is 11.2. The van der Waals surface area contributed by atoms with Gasteiger partial charge in [0.2, 0.25) is 0 Å². The van der Waals surface area contributed by atoms with Crippen molar-refractivity contribution in [3.8, 4) is 5.75 Å². The third-order valence-electron chi connectivity index (χ3n) is 3.80. The van der Waals surface area contributed by atoms with Crippen molar-refractivity contribution in [1.29, 1.82) is 0 Å². The maximum Gasteiger partial charge on any atom is 0.123 e. The van der Waals surface area contributed by atoms with E-state index in [2.05, 4.69) is 12.2 Å². The molecule has 1 N–H and O–H groups in total. The highest BCUT2D eigenvalue weighted by molar-refractivity contribution is 5.37. The first-order valence-corrected chi connectivity index (χ1v) is 6.81. The zero-order chi connectivity index (χ0) is 13.0. The van der Waals surface area contributed by atoms with E-state index in [9.17, 15) is 4.39 Å². The molecular weight excluding hydrogens is 229 g/mol. The lowest BCUT2D eigenvalue weighted by atomic mass is 9.81. The summed E-state index contributed by atoms with van der Waals surface area (Å²) in [5, 5.41) is 3.50. The van der Waals surface area contributed by atoms with Gasteiger partial charge in [-0.05, 0) is 49.9 Å². The molecule has 0 aromatic heterocycles. The highest BCUT2D eigenvalue weighted by atomic mass is 19.1. The van der Waals surface area contributed by atoms with Crippen LogP contribution in [0.4, 0.5) is 4.39 Å². The van der Waals surface area contributed by atoms with Crippen molar-refractivity contribution in [2.75, 3.05) is 13.7 Å². The van der Waals surface area contributed by atoms with Gasteiger partial charge >= 0.3 is 0 Å². The van der Waals surface area contributed by atoms with E-state index in [0.717, 1.165) is 30.7 Å². The molecular formula is C15H22FNO. The number of rotatable bonds is 4. The summed E-state index contributed by atoms with van der Waals surface area (Å²) in [6.07, 6.45) is 4.62. The largest absolute Gasteiger partial charge is 0.496 e. The third kappa shape index (κ3) is 3.02. The van der Waals surface area contributed by atoms with Gasteiger partial charge in [-0.15, -0.1) is 0 Å². The van der Waals surface area contributed by atoms with Crippen LogP contribution in [0.25, 0.3) is 0 Å². The van der Waals surface area contributed by atoms with E-state index in [4.69, 9.17) is 4.74 Å². The van der Waals surface area contributed by atoms with Crippen LogP contribution < -0.4 is 10.1 Å². The summed E-state index contributed by atoms with van der Waals surface area (Å²) in [6.45, 7) is 3.13. The van der Waals surface area contributed by atoms with Crippen LogP contribution in [0.2, 0.25) is 0 Å². The number of ether oxygens (including phenoxy) is 1. The molecule has 2 atom stereocenters. The van der Waals surface area contributed by atoms with Crippen molar-refractivity contribution in [2.45, 2.75) is 44.6 Å². The van der Waals surface area contributed by atoms with Crippen molar-refractivity contribution < 1.29 is 9.13 Å². The lowest BCUT2D eigenvalue weighted by molar-refractivity contribution is 0.333. The minimum atomic E-state index is -0.170. The molecule has 1 aromatic rings. The summed E-state index contributed by atoms with van der Waals surface area (Å²) < 4.78 is 18.8. The van der Waals surface area contributed by atoms with Gasteiger partial charge < -0.3 is 10.1 Å². The Morgan fingerprint density at radius 1 is 1.39 bits per heavy atom. The minimum Gasteiger partial charge on any atom is -0.496 e. The third-order valence-corrected chi connectivity index (χ3v) is 3.80. The van der Waals surface area contributed by atoms with Crippen LogP contribution in [-0.2, 0) is 0 Å². The average Bonchev–Trinajstić information content (AvgIpc) is 2.39. The number of hydrogen-bond acceptors (Lipinski definition) is 2. The fourth-order valence-electron chi connectivity index (χ4n) is 2.97. The quantitative estimate of drug-likeness (QED) is 0.884. The van der Waals surface area contributed by atoms with Crippen molar-refractivity contribution in [3.63, 3.8) is 0 Å². The van der Waals surface area contributed by atoms with E-state index in [-0.39, 0.29) is 5.82 Å². The molecule has 0 radical (unpaired) electrons. The van der Waals surface area contributed by atoms with E-state index in [0.29, 0.717) is 12.0 Å². The fraction of sp³-hybridized carbons (Fsp3) is 0.600. The molecule has 100 valence electrons. The first kappa shape index (κ1) is 13.3. The lowest BCUT2D eigenvalue weighted by Gasteiger charge is -2.30. The molecule has 0 heterocycles. The number of benzene rings is 1. The summed E-state index contributed by atoms with van der Waals surface area (Å²) in [5.74, 6) is 1.06. The van der Waals surface area contributed by atoms with E-state index >= 15 is 0 Å². The highest BCUT2D eigenvalue weighted by Crippen LogP contribution is 2.37. The molecule has 0 spiro atoms. The topological polar surface area (TPSA) is 21.3 Å². The Labute approximate surface area is 109 Å². The summed E-state index contributed by atoms with van der Waals surface area (Å²) in [4.78, 5) is 0. The first-order chi connectivity index (χ1) is 8.74. The second-order valence-electron chi connectivity index (χ2n) is 5.00. The molecule has 2 rings (SSSR count). The van der Waals surface area contributed by atoms with Gasteiger partial charge in [0.1, 0.15) is 11.6 Å². The molecule has 2 nitrogen and oxygen atoms in total. The Morgan fingerprint density at radius 2 is 2.22 bits per heavy atom. The van der Waals surface area contributed by atoms with Crippen LogP contribution in [0.1, 0.15) is 44.1 Å². The second-order valence-corrected chi connectivity index (χ2v) is 5.00. The van der Waals surface area contributed by atoms with Crippen LogP contribution >= 0.6 is 0 Å². The van der Waals surface area contributed by atoms with Crippen LogP contribution in [0.5, 0.6) is 5.75 Å². The summed E-state index contributed by atoms with van der Waals surface area (Å²) in [5.41, 5.74) is 1.03.